The normalized spacial score (nSPS) is 23.3. The van der Waals surface area contributed by atoms with Gasteiger partial charge in [-0.1, -0.05) is 24.3 Å². The van der Waals surface area contributed by atoms with Crippen LogP contribution in [0.25, 0.3) is 0 Å². The number of carbonyl (C=O) groups is 1. The van der Waals surface area contributed by atoms with Crippen LogP contribution in [0.1, 0.15) is 23.5 Å². The fourth-order valence-electron chi connectivity index (χ4n) is 4.53. The van der Waals surface area contributed by atoms with E-state index in [1.54, 1.807) is 14.2 Å². The maximum atomic E-state index is 12.9. The molecule has 142 valence electrons. The molecule has 2 aliphatic rings. The third kappa shape index (κ3) is 3.28. The van der Waals surface area contributed by atoms with Gasteiger partial charge in [-0.15, -0.1) is 0 Å². The van der Waals surface area contributed by atoms with E-state index in [1.165, 1.54) is 11.1 Å². The Morgan fingerprint density at radius 1 is 1.04 bits per heavy atom. The highest BCUT2D eigenvalue weighted by molar-refractivity contribution is 5.86. The van der Waals surface area contributed by atoms with E-state index in [4.69, 9.17) is 14.2 Å². The quantitative estimate of drug-likeness (QED) is 0.851. The van der Waals surface area contributed by atoms with Gasteiger partial charge in [0, 0.05) is 12.5 Å². The summed E-state index contributed by atoms with van der Waals surface area (Å²) >= 11 is 0. The Bertz CT molecular complexity index is 835. The third-order valence-electron chi connectivity index (χ3n) is 5.80. The van der Waals surface area contributed by atoms with E-state index in [0.717, 1.165) is 25.1 Å². The first-order valence-electron chi connectivity index (χ1n) is 9.40. The molecule has 5 nitrogen and oxygen atoms in total. The Hall–Kier alpha value is -2.53. The van der Waals surface area contributed by atoms with Crippen LogP contribution in [0.5, 0.6) is 17.2 Å². The lowest BCUT2D eigenvalue weighted by Gasteiger charge is -2.31. The second-order valence-electron chi connectivity index (χ2n) is 7.13. The van der Waals surface area contributed by atoms with Gasteiger partial charge in [-0.25, -0.2) is 0 Å². The number of methoxy groups -OCH3 is 2. The minimum absolute atomic E-state index is 0.0478. The Morgan fingerprint density at radius 2 is 1.78 bits per heavy atom. The molecule has 2 aromatic carbocycles. The van der Waals surface area contributed by atoms with Crippen molar-refractivity contribution in [1.29, 1.82) is 0 Å². The zero-order valence-electron chi connectivity index (χ0n) is 15.7. The van der Waals surface area contributed by atoms with Crippen LogP contribution in [0.4, 0.5) is 0 Å². The van der Waals surface area contributed by atoms with Crippen molar-refractivity contribution < 1.29 is 19.0 Å². The first-order chi connectivity index (χ1) is 13.2. The van der Waals surface area contributed by atoms with Gasteiger partial charge < -0.3 is 19.5 Å². The van der Waals surface area contributed by atoms with E-state index in [1.807, 2.05) is 36.4 Å². The molecule has 0 radical (unpaired) electrons. The van der Waals surface area contributed by atoms with E-state index in [0.29, 0.717) is 23.3 Å². The average molecular weight is 367 g/mol. The summed E-state index contributed by atoms with van der Waals surface area (Å²) in [6.07, 6.45) is 1.93. The minimum Gasteiger partial charge on any atom is -0.496 e. The summed E-state index contributed by atoms with van der Waals surface area (Å²) in [5.74, 6) is 2.95. The molecule has 1 saturated heterocycles. The van der Waals surface area contributed by atoms with Crippen LogP contribution in [0.15, 0.2) is 42.5 Å². The Morgan fingerprint density at radius 3 is 2.56 bits per heavy atom. The molecule has 1 aliphatic heterocycles. The smallest absolute Gasteiger partial charge is 0.187 e. The topological polar surface area (TPSA) is 56.8 Å². The summed E-state index contributed by atoms with van der Waals surface area (Å²) in [6, 6.07) is 13.5. The van der Waals surface area contributed by atoms with Gasteiger partial charge >= 0.3 is 0 Å². The van der Waals surface area contributed by atoms with Crippen LogP contribution in [0.2, 0.25) is 0 Å². The van der Waals surface area contributed by atoms with E-state index in [9.17, 15) is 4.79 Å². The van der Waals surface area contributed by atoms with E-state index in [-0.39, 0.29) is 18.4 Å². The van der Waals surface area contributed by atoms with Crippen LogP contribution in [-0.2, 0) is 11.2 Å². The number of benzene rings is 2. The number of ketones is 1. The predicted octanol–water partition coefficient (Wildman–Crippen LogP) is 2.97. The summed E-state index contributed by atoms with van der Waals surface area (Å²) in [7, 11) is 3.32. The maximum absolute atomic E-state index is 12.9. The number of fused-ring (bicyclic) bond motifs is 3. The molecule has 4 rings (SSSR count). The van der Waals surface area contributed by atoms with Gasteiger partial charge in [0.05, 0.1) is 20.3 Å². The predicted molar refractivity (Wildman–Crippen MR) is 103 cm³/mol. The summed E-state index contributed by atoms with van der Waals surface area (Å²) < 4.78 is 16.6. The van der Waals surface area contributed by atoms with Crippen molar-refractivity contribution in [2.75, 3.05) is 27.4 Å². The van der Waals surface area contributed by atoms with Gasteiger partial charge in [0.1, 0.15) is 12.4 Å². The van der Waals surface area contributed by atoms with Crippen molar-refractivity contribution >= 4 is 5.78 Å². The van der Waals surface area contributed by atoms with Crippen LogP contribution < -0.4 is 19.5 Å². The molecule has 1 N–H and O–H groups in total. The molecule has 27 heavy (non-hydrogen) atoms. The Kier molecular flexibility index (Phi) is 5.03. The van der Waals surface area contributed by atoms with Crippen molar-refractivity contribution in [3.63, 3.8) is 0 Å². The molecule has 2 aromatic rings. The van der Waals surface area contributed by atoms with Gasteiger partial charge in [-0.05, 0) is 48.1 Å². The second kappa shape index (κ2) is 7.61. The third-order valence-corrected chi connectivity index (χ3v) is 5.80. The van der Waals surface area contributed by atoms with Gasteiger partial charge in [0.2, 0.25) is 0 Å². The number of hydrogen-bond donors (Lipinski definition) is 1. The lowest BCUT2D eigenvalue weighted by Crippen LogP contribution is -2.39. The maximum Gasteiger partial charge on any atom is 0.187 e. The number of carbonyl (C=O) groups excluding carboxylic acids is 1. The summed E-state index contributed by atoms with van der Waals surface area (Å²) in [6.45, 7) is 0.863. The molecule has 1 fully saturated rings. The van der Waals surface area contributed by atoms with Gasteiger partial charge in [0.15, 0.2) is 17.3 Å². The molecule has 0 aromatic heterocycles. The Balaban J connectivity index is 1.46. The molecule has 0 spiro atoms. The summed E-state index contributed by atoms with van der Waals surface area (Å²) in [5, 5.41) is 3.44. The lowest BCUT2D eigenvalue weighted by molar-refractivity contribution is -0.123. The first-order valence-corrected chi connectivity index (χ1v) is 9.40. The molecular formula is C22H25NO4. The number of ether oxygens (including phenoxy) is 3. The van der Waals surface area contributed by atoms with Crippen molar-refractivity contribution in [2.45, 2.75) is 24.8 Å². The number of Topliss-reactive ketones (excluding diaryl/α,β-unsaturated/α-hetero) is 1. The fourth-order valence-corrected chi connectivity index (χ4v) is 4.53. The van der Waals surface area contributed by atoms with Crippen molar-refractivity contribution in [3.05, 3.63) is 53.6 Å². The molecule has 1 aliphatic carbocycles. The number of para-hydroxylation sites is 2. The van der Waals surface area contributed by atoms with Gasteiger partial charge in [0.25, 0.3) is 0 Å². The highest BCUT2D eigenvalue weighted by atomic mass is 16.5. The van der Waals surface area contributed by atoms with Crippen LogP contribution >= 0.6 is 0 Å². The molecule has 3 atom stereocenters. The van der Waals surface area contributed by atoms with E-state index in [2.05, 4.69) is 11.4 Å². The minimum atomic E-state index is -0.163. The summed E-state index contributed by atoms with van der Waals surface area (Å²) in [5.41, 5.74) is 2.61. The molecule has 0 bridgehead atoms. The molecular weight excluding hydrogens is 342 g/mol. The van der Waals surface area contributed by atoms with Crippen molar-refractivity contribution in [3.8, 4) is 17.2 Å². The number of nitrogens with one attached hydrogen (secondary N) is 1. The lowest BCUT2D eigenvalue weighted by atomic mass is 9.73. The standard InChI is InChI=1S/C22H25NO4/c1-25-19-9-5-6-14-15(19)10-11-16-17(14)12-23-22(16)18(24)13-27-21-8-4-3-7-20(21)26-2/h3-9,16-17,22-23H,10-13H2,1-2H3. The largest absolute Gasteiger partial charge is 0.496 e. The zero-order chi connectivity index (χ0) is 18.8. The molecule has 5 heteroatoms. The highest BCUT2D eigenvalue weighted by Gasteiger charge is 2.43. The van der Waals surface area contributed by atoms with Crippen LogP contribution in [-0.4, -0.2) is 39.2 Å². The van der Waals surface area contributed by atoms with Crippen molar-refractivity contribution in [1.82, 2.24) is 5.32 Å². The van der Waals surface area contributed by atoms with Gasteiger partial charge in [-0.2, -0.15) is 0 Å². The van der Waals surface area contributed by atoms with Crippen molar-refractivity contribution in [2.24, 2.45) is 5.92 Å². The molecule has 1 heterocycles. The van der Waals surface area contributed by atoms with E-state index >= 15 is 0 Å². The number of hydrogen-bond acceptors (Lipinski definition) is 5. The first kappa shape index (κ1) is 17.9. The number of rotatable bonds is 6. The average Bonchev–Trinajstić information content (AvgIpc) is 3.16. The van der Waals surface area contributed by atoms with Crippen LogP contribution in [0, 0.1) is 5.92 Å². The van der Waals surface area contributed by atoms with Gasteiger partial charge in [-0.3, -0.25) is 4.79 Å². The zero-order valence-corrected chi connectivity index (χ0v) is 15.7. The molecule has 3 unspecified atom stereocenters. The SMILES string of the molecule is COc1ccccc1OCC(=O)C1NCC2c3cccc(OC)c3CCC12. The monoisotopic (exact) mass is 367 g/mol. The molecule has 0 saturated carbocycles. The Labute approximate surface area is 159 Å². The molecule has 0 amide bonds. The fraction of sp³-hybridized carbons (Fsp3) is 0.409. The summed E-state index contributed by atoms with van der Waals surface area (Å²) in [4.78, 5) is 12.9. The second-order valence-corrected chi connectivity index (χ2v) is 7.13. The van der Waals surface area contributed by atoms with E-state index < -0.39 is 0 Å². The highest BCUT2D eigenvalue weighted by Crippen LogP contribution is 2.44. The van der Waals surface area contributed by atoms with Crippen LogP contribution in [0.3, 0.4) is 0 Å².